The fourth-order valence-corrected chi connectivity index (χ4v) is 1.60. The number of carbonyl (C=O) groups is 2. The zero-order valence-electron chi connectivity index (χ0n) is 9.69. The Labute approximate surface area is 104 Å². The Kier molecular flexibility index (Phi) is 3.15. The Bertz CT molecular complexity index is 548. The number of hydrogen-bond acceptors (Lipinski definition) is 4. The van der Waals surface area contributed by atoms with Crippen LogP contribution in [0.15, 0.2) is 18.2 Å². The summed E-state index contributed by atoms with van der Waals surface area (Å²) in [6.07, 6.45) is -0.808. The molecule has 0 aliphatic carbocycles. The lowest BCUT2D eigenvalue weighted by molar-refractivity contribution is -0.122. The Balaban J connectivity index is 2.28. The van der Waals surface area contributed by atoms with Gasteiger partial charge >= 0.3 is 0 Å². The summed E-state index contributed by atoms with van der Waals surface area (Å²) in [7, 11) is 0. The smallest absolute Gasteiger partial charge is 0.265 e. The van der Waals surface area contributed by atoms with Gasteiger partial charge in [0.05, 0.1) is 11.8 Å². The molecule has 0 aromatic heterocycles. The highest BCUT2D eigenvalue weighted by molar-refractivity contribution is 6.04. The maximum atomic E-state index is 11.5. The van der Waals surface area contributed by atoms with Crippen molar-refractivity contribution in [3.8, 4) is 11.8 Å². The van der Waals surface area contributed by atoms with Crippen LogP contribution in [0, 0.1) is 11.3 Å². The molecule has 2 amide bonds. The van der Waals surface area contributed by atoms with Crippen LogP contribution in [0.5, 0.6) is 5.75 Å². The van der Waals surface area contributed by atoms with Gasteiger partial charge in [-0.2, -0.15) is 5.26 Å². The van der Waals surface area contributed by atoms with E-state index in [1.54, 1.807) is 31.2 Å². The first-order valence-electron chi connectivity index (χ1n) is 5.39. The number of carbonyl (C=O) groups excluding carboxylic acids is 2. The summed E-state index contributed by atoms with van der Waals surface area (Å²) < 4.78 is 5.40. The third-order valence-corrected chi connectivity index (χ3v) is 2.46. The van der Waals surface area contributed by atoms with E-state index in [9.17, 15) is 9.59 Å². The van der Waals surface area contributed by atoms with Gasteiger partial charge in [-0.1, -0.05) is 6.07 Å². The molecule has 1 unspecified atom stereocenters. The van der Waals surface area contributed by atoms with E-state index >= 15 is 0 Å². The molecule has 1 heterocycles. The molecule has 1 aliphatic heterocycles. The lowest BCUT2D eigenvalue weighted by Gasteiger charge is -2.25. The number of anilines is 2. The SMILES string of the molecule is CC1Oc2cccc(NC(=O)CC#N)c2NC1=O. The van der Waals surface area contributed by atoms with E-state index in [0.717, 1.165) is 0 Å². The summed E-state index contributed by atoms with van der Waals surface area (Å²) in [4.78, 5) is 22.9. The Hall–Kier alpha value is -2.55. The third kappa shape index (κ3) is 2.25. The van der Waals surface area contributed by atoms with Gasteiger partial charge in [0.2, 0.25) is 5.91 Å². The number of fused-ring (bicyclic) bond motifs is 1. The topological polar surface area (TPSA) is 91.2 Å². The molecule has 1 aromatic carbocycles. The molecule has 2 N–H and O–H groups in total. The number of amides is 2. The maximum absolute atomic E-state index is 11.5. The molecular formula is C12H11N3O3. The number of benzene rings is 1. The predicted molar refractivity (Wildman–Crippen MR) is 64.0 cm³/mol. The van der Waals surface area contributed by atoms with Crippen molar-refractivity contribution in [2.75, 3.05) is 10.6 Å². The second-order valence-electron chi connectivity index (χ2n) is 3.81. The standard InChI is InChI=1S/C12H11N3O3/c1-7-12(17)15-11-8(14-10(16)5-6-13)3-2-4-9(11)18-7/h2-4,7H,5H2,1H3,(H,14,16)(H,15,17). The number of rotatable bonds is 2. The third-order valence-electron chi connectivity index (χ3n) is 2.46. The molecular weight excluding hydrogens is 234 g/mol. The van der Waals surface area contributed by atoms with Crippen molar-refractivity contribution in [3.63, 3.8) is 0 Å². The highest BCUT2D eigenvalue weighted by Crippen LogP contribution is 2.36. The predicted octanol–water partition coefficient (Wildman–Crippen LogP) is 1.26. The van der Waals surface area contributed by atoms with E-state index in [1.807, 2.05) is 0 Å². The fraction of sp³-hybridized carbons (Fsp3) is 0.250. The van der Waals surface area contributed by atoms with E-state index in [4.69, 9.17) is 10.00 Å². The van der Waals surface area contributed by atoms with Crippen LogP contribution in [-0.2, 0) is 9.59 Å². The average Bonchev–Trinajstić information content (AvgIpc) is 2.32. The summed E-state index contributed by atoms with van der Waals surface area (Å²) in [5.74, 6) is -0.208. The van der Waals surface area contributed by atoms with Crippen molar-refractivity contribution >= 4 is 23.2 Å². The number of nitrogens with one attached hydrogen (secondary N) is 2. The van der Waals surface area contributed by atoms with Crippen LogP contribution in [0.3, 0.4) is 0 Å². The van der Waals surface area contributed by atoms with Crippen LogP contribution >= 0.6 is 0 Å². The summed E-state index contributed by atoms with van der Waals surface area (Å²) in [5, 5.41) is 13.6. The summed E-state index contributed by atoms with van der Waals surface area (Å²) in [6.45, 7) is 1.64. The van der Waals surface area contributed by atoms with E-state index in [-0.39, 0.29) is 12.3 Å². The average molecular weight is 245 g/mol. The Morgan fingerprint density at radius 3 is 3.11 bits per heavy atom. The summed E-state index contributed by atoms with van der Waals surface area (Å²) >= 11 is 0. The zero-order valence-corrected chi connectivity index (χ0v) is 9.69. The maximum Gasteiger partial charge on any atom is 0.265 e. The van der Waals surface area contributed by atoms with Crippen molar-refractivity contribution in [2.24, 2.45) is 0 Å². The molecule has 1 atom stereocenters. The van der Waals surface area contributed by atoms with Crippen LogP contribution in [0.25, 0.3) is 0 Å². The quantitative estimate of drug-likeness (QED) is 0.820. The molecule has 92 valence electrons. The van der Waals surface area contributed by atoms with E-state index in [2.05, 4.69) is 10.6 Å². The highest BCUT2D eigenvalue weighted by atomic mass is 16.5. The minimum absolute atomic E-state index is 0.241. The minimum atomic E-state index is -0.567. The molecule has 1 aliphatic rings. The normalized spacial score (nSPS) is 16.9. The van der Waals surface area contributed by atoms with Gasteiger partial charge in [0.25, 0.3) is 5.91 Å². The van der Waals surface area contributed by atoms with E-state index < -0.39 is 12.0 Å². The van der Waals surface area contributed by atoms with Gasteiger partial charge in [-0.25, -0.2) is 0 Å². The molecule has 6 heteroatoms. The number of nitriles is 1. The van der Waals surface area contributed by atoms with Gasteiger partial charge in [0.1, 0.15) is 17.9 Å². The summed E-state index contributed by atoms with van der Waals surface area (Å²) in [5.41, 5.74) is 0.847. The lowest BCUT2D eigenvalue weighted by atomic mass is 10.2. The molecule has 1 aromatic rings. The molecule has 0 saturated carbocycles. The summed E-state index contributed by atoms with van der Waals surface area (Å²) in [6, 6.07) is 6.78. The molecule has 6 nitrogen and oxygen atoms in total. The second kappa shape index (κ2) is 4.75. The molecule has 0 bridgehead atoms. The van der Waals surface area contributed by atoms with Gasteiger partial charge < -0.3 is 15.4 Å². The number of nitrogens with zero attached hydrogens (tertiary/aromatic N) is 1. The molecule has 0 radical (unpaired) electrons. The monoisotopic (exact) mass is 245 g/mol. The van der Waals surface area contributed by atoms with Crippen molar-refractivity contribution in [1.82, 2.24) is 0 Å². The van der Waals surface area contributed by atoms with Crippen molar-refractivity contribution in [2.45, 2.75) is 19.4 Å². The fourth-order valence-electron chi connectivity index (χ4n) is 1.60. The minimum Gasteiger partial charge on any atom is -0.479 e. The molecule has 18 heavy (non-hydrogen) atoms. The molecule has 2 rings (SSSR count). The van der Waals surface area contributed by atoms with Gasteiger partial charge in [-0.05, 0) is 19.1 Å². The van der Waals surface area contributed by atoms with Crippen molar-refractivity contribution in [3.05, 3.63) is 18.2 Å². The molecule has 0 fully saturated rings. The largest absolute Gasteiger partial charge is 0.479 e. The van der Waals surface area contributed by atoms with Crippen molar-refractivity contribution in [1.29, 1.82) is 5.26 Å². The van der Waals surface area contributed by atoms with Gasteiger partial charge in [0, 0.05) is 0 Å². The van der Waals surface area contributed by atoms with E-state index in [1.165, 1.54) is 0 Å². The number of ether oxygens (including phenoxy) is 1. The van der Waals surface area contributed by atoms with Crippen LogP contribution in [-0.4, -0.2) is 17.9 Å². The van der Waals surface area contributed by atoms with Crippen molar-refractivity contribution < 1.29 is 14.3 Å². The molecule has 0 saturated heterocycles. The Morgan fingerprint density at radius 2 is 2.39 bits per heavy atom. The highest BCUT2D eigenvalue weighted by Gasteiger charge is 2.25. The second-order valence-corrected chi connectivity index (χ2v) is 3.81. The molecule has 0 spiro atoms. The van der Waals surface area contributed by atoms with Crippen LogP contribution in [0.2, 0.25) is 0 Å². The first kappa shape index (κ1) is 11.9. The van der Waals surface area contributed by atoms with Crippen LogP contribution in [0.1, 0.15) is 13.3 Å². The first-order chi connectivity index (χ1) is 8.61. The van der Waals surface area contributed by atoms with Gasteiger partial charge in [-0.3, -0.25) is 9.59 Å². The first-order valence-corrected chi connectivity index (χ1v) is 5.39. The number of hydrogen-bond donors (Lipinski definition) is 2. The van der Waals surface area contributed by atoms with Gasteiger partial charge in [-0.15, -0.1) is 0 Å². The van der Waals surface area contributed by atoms with Crippen LogP contribution < -0.4 is 15.4 Å². The van der Waals surface area contributed by atoms with E-state index in [0.29, 0.717) is 17.1 Å². The lowest BCUT2D eigenvalue weighted by Crippen LogP contribution is -2.34. The van der Waals surface area contributed by atoms with Gasteiger partial charge in [0.15, 0.2) is 6.10 Å². The Morgan fingerprint density at radius 1 is 1.61 bits per heavy atom. The van der Waals surface area contributed by atoms with Crippen LogP contribution in [0.4, 0.5) is 11.4 Å². The number of para-hydroxylation sites is 1. The zero-order chi connectivity index (χ0) is 13.1.